The molecular formula is C28H30N8O4. The summed E-state index contributed by atoms with van der Waals surface area (Å²) in [4.78, 5) is 45.1. The zero-order chi connectivity index (χ0) is 28.1. The van der Waals surface area contributed by atoms with E-state index in [1.807, 2.05) is 30.3 Å². The van der Waals surface area contributed by atoms with Crippen LogP contribution in [0.15, 0.2) is 54.9 Å². The van der Waals surface area contributed by atoms with Crippen molar-refractivity contribution in [2.45, 2.75) is 19.4 Å². The van der Waals surface area contributed by atoms with E-state index in [-0.39, 0.29) is 30.2 Å². The van der Waals surface area contributed by atoms with Gasteiger partial charge in [0.2, 0.25) is 17.8 Å². The molecule has 1 atom stereocenters. The minimum atomic E-state index is -0.284. The number of pyridine rings is 2. The Morgan fingerprint density at radius 3 is 2.65 bits per heavy atom. The van der Waals surface area contributed by atoms with Crippen molar-refractivity contribution in [3.63, 3.8) is 0 Å². The van der Waals surface area contributed by atoms with Gasteiger partial charge in [-0.1, -0.05) is 0 Å². The number of aromatic nitrogens is 4. The Morgan fingerprint density at radius 1 is 1.05 bits per heavy atom. The molecule has 0 radical (unpaired) electrons. The summed E-state index contributed by atoms with van der Waals surface area (Å²) in [5, 5.41) is 8.96. The number of methoxy groups -OCH3 is 2. The first-order chi connectivity index (χ1) is 19.4. The molecule has 0 bridgehead atoms. The summed E-state index contributed by atoms with van der Waals surface area (Å²) in [7, 11) is 3.17. The van der Waals surface area contributed by atoms with Gasteiger partial charge in [-0.15, -0.1) is 0 Å². The average Bonchev–Trinajstić information content (AvgIpc) is 2.96. The number of fused-ring (bicyclic) bond motifs is 1. The van der Waals surface area contributed by atoms with Crippen molar-refractivity contribution >= 4 is 40.3 Å². The standard InChI is InChI=1S/C28H30N8O4/c1-17(37)31-28-34-22-8-7-21(18-6-9-23(39-2)24(13-18)40-3)33-26(22)27(35-28)36-12-11-30-16-20(36)14-25(38)32-19-5-4-10-29-15-19/h4-10,13,15,20,30H,11-12,14,16H2,1-3H3,(H,32,38)(H,31,34,35,37). The van der Waals surface area contributed by atoms with Crippen LogP contribution in [0.4, 0.5) is 17.5 Å². The quantitative estimate of drug-likeness (QED) is 0.304. The Balaban J connectivity index is 1.54. The fourth-order valence-electron chi connectivity index (χ4n) is 4.65. The van der Waals surface area contributed by atoms with E-state index in [2.05, 4.69) is 30.8 Å². The number of carbonyl (C=O) groups is 2. The number of benzene rings is 1. The first kappa shape index (κ1) is 26.8. The Bertz CT molecular complexity index is 1530. The molecule has 206 valence electrons. The molecule has 5 rings (SSSR count). The van der Waals surface area contributed by atoms with Crippen molar-refractivity contribution in [2.75, 3.05) is 49.4 Å². The van der Waals surface area contributed by atoms with Crippen molar-refractivity contribution in [3.8, 4) is 22.8 Å². The highest BCUT2D eigenvalue weighted by molar-refractivity contribution is 5.94. The normalized spacial score (nSPS) is 15.0. The van der Waals surface area contributed by atoms with E-state index in [1.54, 1.807) is 38.7 Å². The summed E-state index contributed by atoms with van der Waals surface area (Å²) in [5.74, 6) is 1.48. The SMILES string of the molecule is COc1ccc(-c2ccc3nc(NC(C)=O)nc(N4CCNCC4CC(=O)Nc4cccnc4)c3n2)cc1OC. The molecule has 1 fully saturated rings. The number of rotatable bonds is 8. The van der Waals surface area contributed by atoms with Gasteiger partial charge in [-0.05, 0) is 42.5 Å². The summed E-state index contributed by atoms with van der Waals surface area (Å²) in [6.07, 6.45) is 3.46. The minimum Gasteiger partial charge on any atom is -0.493 e. The van der Waals surface area contributed by atoms with Crippen molar-refractivity contribution in [1.82, 2.24) is 25.3 Å². The third-order valence-electron chi connectivity index (χ3n) is 6.48. The molecule has 12 nitrogen and oxygen atoms in total. The Labute approximate surface area is 231 Å². The molecule has 40 heavy (non-hydrogen) atoms. The molecule has 4 aromatic rings. The molecule has 3 N–H and O–H groups in total. The van der Waals surface area contributed by atoms with E-state index in [4.69, 9.17) is 19.4 Å². The van der Waals surface area contributed by atoms with Gasteiger partial charge in [0.15, 0.2) is 17.3 Å². The van der Waals surface area contributed by atoms with Gasteiger partial charge in [0.1, 0.15) is 5.52 Å². The molecule has 3 aromatic heterocycles. The summed E-state index contributed by atoms with van der Waals surface area (Å²) in [6, 6.07) is 12.6. The fourth-order valence-corrected chi connectivity index (χ4v) is 4.65. The Hall–Kier alpha value is -4.84. The molecular weight excluding hydrogens is 512 g/mol. The van der Waals surface area contributed by atoms with Crippen LogP contribution < -0.4 is 30.3 Å². The minimum absolute atomic E-state index is 0.147. The molecule has 1 aliphatic heterocycles. The van der Waals surface area contributed by atoms with Crippen molar-refractivity contribution in [2.24, 2.45) is 0 Å². The van der Waals surface area contributed by atoms with Crippen LogP contribution in [0.25, 0.3) is 22.3 Å². The van der Waals surface area contributed by atoms with Gasteiger partial charge >= 0.3 is 0 Å². The first-order valence-electron chi connectivity index (χ1n) is 12.8. The van der Waals surface area contributed by atoms with Gasteiger partial charge in [0.25, 0.3) is 0 Å². The zero-order valence-corrected chi connectivity index (χ0v) is 22.5. The number of hydrogen-bond donors (Lipinski definition) is 3. The smallest absolute Gasteiger partial charge is 0.232 e. The highest BCUT2D eigenvalue weighted by atomic mass is 16.5. The van der Waals surface area contributed by atoms with Crippen molar-refractivity contribution in [3.05, 3.63) is 54.9 Å². The molecule has 1 unspecified atom stereocenters. The highest BCUT2D eigenvalue weighted by Crippen LogP contribution is 2.34. The Morgan fingerprint density at radius 2 is 1.90 bits per heavy atom. The second kappa shape index (κ2) is 11.9. The fraction of sp³-hybridized carbons (Fsp3) is 0.286. The molecule has 0 saturated carbocycles. The van der Waals surface area contributed by atoms with Gasteiger partial charge in [0.05, 0.1) is 43.4 Å². The van der Waals surface area contributed by atoms with E-state index < -0.39 is 0 Å². The largest absolute Gasteiger partial charge is 0.493 e. The maximum Gasteiger partial charge on any atom is 0.232 e. The second-order valence-electron chi connectivity index (χ2n) is 9.23. The van der Waals surface area contributed by atoms with E-state index in [1.165, 1.54) is 6.92 Å². The molecule has 4 heterocycles. The third-order valence-corrected chi connectivity index (χ3v) is 6.48. The van der Waals surface area contributed by atoms with Gasteiger partial charge in [-0.25, -0.2) is 9.97 Å². The monoisotopic (exact) mass is 542 g/mol. The molecule has 0 spiro atoms. The van der Waals surface area contributed by atoms with Crippen molar-refractivity contribution in [1.29, 1.82) is 0 Å². The number of nitrogens with one attached hydrogen (secondary N) is 3. The third kappa shape index (κ3) is 5.91. The zero-order valence-electron chi connectivity index (χ0n) is 22.5. The van der Waals surface area contributed by atoms with Crippen LogP contribution in [-0.2, 0) is 9.59 Å². The van der Waals surface area contributed by atoms with Crippen LogP contribution in [0.2, 0.25) is 0 Å². The van der Waals surface area contributed by atoms with E-state index in [0.717, 1.165) is 5.56 Å². The number of hydrogen-bond acceptors (Lipinski definition) is 10. The molecule has 0 aliphatic carbocycles. The van der Waals surface area contributed by atoms with Gasteiger partial charge in [-0.3, -0.25) is 19.9 Å². The van der Waals surface area contributed by atoms with Crippen LogP contribution in [0.3, 0.4) is 0 Å². The topological polar surface area (TPSA) is 143 Å². The van der Waals surface area contributed by atoms with Crippen LogP contribution in [0.5, 0.6) is 11.5 Å². The number of carbonyl (C=O) groups excluding carboxylic acids is 2. The maximum atomic E-state index is 13.0. The second-order valence-corrected chi connectivity index (χ2v) is 9.23. The lowest BCUT2D eigenvalue weighted by Crippen LogP contribution is -2.53. The van der Waals surface area contributed by atoms with Crippen LogP contribution in [-0.4, -0.2) is 71.6 Å². The number of ether oxygens (including phenoxy) is 2. The van der Waals surface area contributed by atoms with Crippen LogP contribution in [0.1, 0.15) is 13.3 Å². The van der Waals surface area contributed by atoms with E-state index in [0.29, 0.717) is 59.4 Å². The lowest BCUT2D eigenvalue weighted by Gasteiger charge is -2.37. The molecule has 1 saturated heterocycles. The predicted molar refractivity (Wildman–Crippen MR) is 152 cm³/mol. The van der Waals surface area contributed by atoms with Gasteiger partial charge < -0.3 is 25.0 Å². The predicted octanol–water partition coefficient (Wildman–Crippen LogP) is 2.87. The summed E-state index contributed by atoms with van der Waals surface area (Å²) >= 11 is 0. The molecule has 1 aliphatic rings. The number of amides is 2. The summed E-state index contributed by atoms with van der Waals surface area (Å²) < 4.78 is 10.8. The van der Waals surface area contributed by atoms with E-state index >= 15 is 0 Å². The number of anilines is 3. The maximum absolute atomic E-state index is 13.0. The summed E-state index contributed by atoms with van der Waals surface area (Å²) in [5.41, 5.74) is 3.26. The van der Waals surface area contributed by atoms with Gasteiger partial charge in [0, 0.05) is 44.7 Å². The lowest BCUT2D eigenvalue weighted by molar-refractivity contribution is -0.116. The highest BCUT2D eigenvalue weighted by Gasteiger charge is 2.29. The lowest BCUT2D eigenvalue weighted by atomic mass is 10.1. The average molecular weight is 543 g/mol. The van der Waals surface area contributed by atoms with Crippen LogP contribution in [0, 0.1) is 0 Å². The van der Waals surface area contributed by atoms with E-state index in [9.17, 15) is 9.59 Å². The molecule has 2 amide bonds. The molecule has 1 aromatic carbocycles. The van der Waals surface area contributed by atoms with Crippen molar-refractivity contribution < 1.29 is 19.1 Å². The number of nitrogens with zero attached hydrogens (tertiary/aromatic N) is 5. The Kier molecular flexibility index (Phi) is 7.97. The summed E-state index contributed by atoms with van der Waals surface area (Å²) in [6.45, 7) is 3.24. The van der Waals surface area contributed by atoms with Gasteiger partial charge in [-0.2, -0.15) is 4.98 Å². The molecule has 12 heteroatoms. The van der Waals surface area contributed by atoms with Crippen LogP contribution >= 0.6 is 0 Å². The first-order valence-corrected chi connectivity index (χ1v) is 12.8. The number of piperazine rings is 1.